The lowest BCUT2D eigenvalue weighted by atomic mass is 10.1. The second kappa shape index (κ2) is 5.50. The van der Waals surface area contributed by atoms with Gasteiger partial charge in [0.2, 0.25) is 0 Å². The fourth-order valence-electron chi connectivity index (χ4n) is 1.52. The highest BCUT2D eigenvalue weighted by atomic mass is 79.9. The van der Waals surface area contributed by atoms with Gasteiger partial charge in [-0.3, -0.25) is 4.79 Å². The monoisotopic (exact) mass is 324 g/mol. The van der Waals surface area contributed by atoms with Crippen LogP contribution in [0.2, 0.25) is 5.15 Å². The van der Waals surface area contributed by atoms with E-state index < -0.39 is 0 Å². The Balaban J connectivity index is 2.19. The molecule has 92 valence electrons. The van der Waals surface area contributed by atoms with Gasteiger partial charge in [-0.05, 0) is 42.8 Å². The number of hydrogen-bond acceptors (Lipinski definition) is 2. The third kappa shape index (κ3) is 3.31. The molecule has 0 aliphatic rings. The average Bonchev–Trinajstić information content (AvgIpc) is 2.31. The Morgan fingerprint density at radius 3 is 2.72 bits per heavy atom. The van der Waals surface area contributed by atoms with Crippen LogP contribution in [0.25, 0.3) is 0 Å². The van der Waals surface area contributed by atoms with Gasteiger partial charge in [0.15, 0.2) is 0 Å². The number of aromatic nitrogens is 1. The standard InChI is InChI=1S/C13H10BrClN2O/c1-8-4-9(6-10(14)5-8)13(18)17-11-2-3-12(15)16-7-11/h2-7H,1H3,(H,17,18). The Morgan fingerprint density at radius 1 is 1.33 bits per heavy atom. The maximum Gasteiger partial charge on any atom is 0.255 e. The molecule has 0 fully saturated rings. The summed E-state index contributed by atoms with van der Waals surface area (Å²) >= 11 is 9.04. The van der Waals surface area contributed by atoms with E-state index in [-0.39, 0.29) is 5.91 Å². The van der Waals surface area contributed by atoms with Crippen molar-refractivity contribution in [1.82, 2.24) is 4.98 Å². The Kier molecular flexibility index (Phi) is 3.99. The molecule has 5 heteroatoms. The van der Waals surface area contributed by atoms with Crippen molar-refractivity contribution < 1.29 is 4.79 Å². The van der Waals surface area contributed by atoms with E-state index in [1.54, 1.807) is 18.2 Å². The average molecular weight is 326 g/mol. The highest BCUT2D eigenvalue weighted by molar-refractivity contribution is 9.10. The Labute approximate surface area is 118 Å². The summed E-state index contributed by atoms with van der Waals surface area (Å²) in [5.74, 6) is -0.177. The van der Waals surface area contributed by atoms with Gasteiger partial charge in [-0.2, -0.15) is 0 Å². The van der Waals surface area contributed by atoms with Crippen LogP contribution < -0.4 is 5.32 Å². The molecule has 1 aromatic heterocycles. The first-order valence-electron chi connectivity index (χ1n) is 5.25. The zero-order valence-corrected chi connectivity index (χ0v) is 11.9. The van der Waals surface area contributed by atoms with Crippen LogP contribution in [-0.2, 0) is 0 Å². The van der Waals surface area contributed by atoms with Crippen LogP contribution in [0.3, 0.4) is 0 Å². The number of hydrogen-bond donors (Lipinski definition) is 1. The van der Waals surface area contributed by atoms with Crippen LogP contribution in [-0.4, -0.2) is 10.9 Å². The summed E-state index contributed by atoms with van der Waals surface area (Å²) in [6.45, 7) is 1.94. The van der Waals surface area contributed by atoms with Crippen LogP contribution >= 0.6 is 27.5 Å². The summed E-state index contributed by atoms with van der Waals surface area (Å²) in [6.07, 6.45) is 1.52. The van der Waals surface area contributed by atoms with E-state index in [9.17, 15) is 4.79 Å². The number of carbonyl (C=O) groups is 1. The Hall–Kier alpha value is -1.39. The van der Waals surface area contributed by atoms with Crippen LogP contribution in [0.1, 0.15) is 15.9 Å². The number of nitrogens with zero attached hydrogens (tertiary/aromatic N) is 1. The van der Waals surface area contributed by atoms with Gasteiger partial charge in [0, 0.05) is 10.0 Å². The number of nitrogens with one attached hydrogen (secondary N) is 1. The van der Waals surface area contributed by atoms with Crippen molar-refractivity contribution in [2.24, 2.45) is 0 Å². The smallest absolute Gasteiger partial charge is 0.255 e. The molecule has 0 atom stereocenters. The molecule has 2 rings (SSSR count). The minimum Gasteiger partial charge on any atom is -0.321 e. The van der Waals surface area contributed by atoms with Crippen LogP contribution in [0.4, 0.5) is 5.69 Å². The van der Waals surface area contributed by atoms with E-state index in [0.717, 1.165) is 10.0 Å². The SMILES string of the molecule is Cc1cc(Br)cc(C(=O)Nc2ccc(Cl)nc2)c1. The topological polar surface area (TPSA) is 42.0 Å². The summed E-state index contributed by atoms with van der Waals surface area (Å²) in [5, 5.41) is 3.15. The van der Waals surface area contributed by atoms with E-state index in [1.807, 2.05) is 19.1 Å². The number of amides is 1. The molecule has 0 unspecified atom stereocenters. The van der Waals surface area contributed by atoms with E-state index in [2.05, 4.69) is 26.2 Å². The molecule has 0 aliphatic heterocycles. The van der Waals surface area contributed by atoms with E-state index in [1.165, 1.54) is 6.20 Å². The molecule has 3 nitrogen and oxygen atoms in total. The Bertz CT molecular complexity index is 564. The molecule has 0 bridgehead atoms. The number of pyridine rings is 1. The van der Waals surface area contributed by atoms with Gasteiger partial charge in [-0.15, -0.1) is 0 Å². The summed E-state index contributed by atoms with van der Waals surface area (Å²) in [6, 6.07) is 8.87. The molecule has 1 amide bonds. The van der Waals surface area contributed by atoms with Gasteiger partial charge in [0.05, 0.1) is 11.9 Å². The molecule has 0 spiro atoms. The summed E-state index contributed by atoms with van der Waals surface area (Å²) < 4.78 is 0.877. The zero-order valence-electron chi connectivity index (χ0n) is 9.58. The van der Waals surface area contributed by atoms with Crippen molar-refractivity contribution in [1.29, 1.82) is 0 Å². The molecular weight excluding hydrogens is 316 g/mol. The van der Waals surface area contributed by atoms with Crippen molar-refractivity contribution in [3.8, 4) is 0 Å². The fourth-order valence-corrected chi connectivity index (χ4v) is 2.24. The van der Waals surface area contributed by atoms with Crippen molar-refractivity contribution >= 4 is 39.1 Å². The first-order valence-corrected chi connectivity index (χ1v) is 6.42. The maximum atomic E-state index is 12.0. The summed E-state index contributed by atoms with van der Waals surface area (Å²) in [4.78, 5) is 15.9. The fraction of sp³-hybridized carbons (Fsp3) is 0.0769. The molecular formula is C13H10BrClN2O. The quantitative estimate of drug-likeness (QED) is 0.846. The van der Waals surface area contributed by atoms with E-state index in [0.29, 0.717) is 16.4 Å². The molecule has 1 heterocycles. The second-order valence-electron chi connectivity index (χ2n) is 3.84. The third-order valence-corrected chi connectivity index (χ3v) is 2.97. The molecule has 1 N–H and O–H groups in total. The molecule has 0 radical (unpaired) electrons. The predicted octanol–water partition coefficient (Wildman–Crippen LogP) is 4.06. The summed E-state index contributed by atoms with van der Waals surface area (Å²) in [5.41, 5.74) is 2.22. The van der Waals surface area contributed by atoms with E-state index in [4.69, 9.17) is 11.6 Å². The van der Waals surface area contributed by atoms with Crippen LogP contribution in [0.15, 0.2) is 41.0 Å². The highest BCUT2D eigenvalue weighted by Crippen LogP contribution is 2.17. The molecule has 0 saturated carbocycles. The number of rotatable bonds is 2. The normalized spacial score (nSPS) is 10.2. The predicted molar refractivity (Wildman–Crippen MR) is 76.1 cm³/mol. The lowest BCUT2D eigenvalue weighted by molar-refractivity contribution is 0.102. The number of carbonyl (C=O) groups excluding carboxylic acids is 1. The van der Waals surface area contributed by atoms with E-state index >= 15 is 0 Å². The maximum absolute atomic E-state index is 12.0. The van der Waals surface area contributed by atoms with Gasteiger partial charge < -0.3 is 5.32 Å². The van der Waals surface area contributed by atoms with Gasteiger partial charge in [-0.1, -0.05) is 27.5 Å². The molecule has 0 saturated heterocycles. The zero-order chi connectivity index (χ0) is 13.1. The number of aryl methyl sites for hydroxylation is 1. The van der Waals surface area contributed by atoms with Crippen LogP contribution in [0, 0.1) is 6.92 Å². The van der Waals surface area contributed by atoms with Crippen LogP contribution in [0.5, 0.6) is 0 Å². The number of halogens is 2. The lowest BCUT2D eigenvalue weighted by Crippen LogP contribution is -2.12. The third-order valence-electron chi connectivity index (χ3n) is 2.29. The molecule has 18 heavy (non-hydrogen) atoms. The summed E-state index contributed by atoms with van der Waals surface area (Å²) in [7, 11) is 0. The number of benzene rings is 1. The Morgan fingerprint density at radius 2 is 2.11 bits per heavy atom. The first-order chi connectivity index (χ1) is 8.54. The van der Waals surface area contributed by atoms with Gasteiger partial charge in [-0.25, -0.2) is 4.98 Å². The minimum atomic E-state index is -0.177. The molecule has 1 aromatic carbocycles. The minimum absolute atomic E-state index is 0.177. The first kappa shape index (κ1) is 13.1. The van der Waals surface area contributed by atoms with Crippen molar-refractivity contribution in [2.45, 2.75) is 6.92 Å². The van der Waals surface area contributed by atoms with Crippen molar-refractivity contribution in [3.63, 3.8) is 0 Å². The van der Waals surface area contributed by atoms with Gasteiger partial charge in [0.25, 0.3) is 5.91 Å². The van der Waals surface area contributed by atoms with Gasteiger partial charge >= 0.3 is 0 Å². The highest BCUT2D eigenvalue weighted by Gasteiger charge is 2.07. The largest absolute Gasteiger partial charge is 0.321 e. The van der Waals surface area contributed by atoms with Crippen molar-refractivity contribution in [3.05, 3.63) is 57.3 Å². The second-order valence-corrected chi connectivity index (χ2v) is 5.14. The lowest BCUT2D eigenvalue weighted by Gasteiger charge is -2.06. The number of anilines is 1. The van der Waals surface area contributed by atoms with Crippen molar-refractivity contribution in [2.75, 3.05) is 5.32 Å². The van der Waals surface area contributed by atoms with Gasteiger partial charge in [0.1, 0.15) is 5.15 Å². The molecule has 2 aromatic rings. The molecule has 0 aliphatic carbocycles.